The van der Waals surface area contributed by atoms with E-state index in [0.717, 1.165) is 60.8 Å². The average Bonchev–Trinajstić information content (AvgIpc) is 3.07. The number of hydrogen-bond acceptors (Lipinski definition) is 3. The Morgan fingerprint density at radius 3 is 1.76 bits per heavy atom. The van der Waals surface area contributed by atoms with Gasteiger partial charge in [-0.25, -0.2) is 0 Å². The summed E-state index contributed by atoms with van der Waals surface area (Å²) in [6.07, 6.45) is 11.3. The smallest absolute Gasteiger partial charge is 0.132 e. The lowest BCUT2D eigenvalue weighted by Gasteiger charge is -2.30. The monoisotopic (exact) mass is 606 g/mol. The number of allylic oxidation sites excluding steroid dienone is 5. The number of hydrogen-bond donors (Lipinski definition) is 1. The van der Waals surface area contributed by atoms with E-state index in [0.29, 0.717) is 0 Å². The van der Waals surface area contributed by atoms with E-state index in [1.807, 2.05) is 6.08 Å². The molecule has 0 heterocycles. The van der Waals surface area contributed by atoms with Gasteiger partial charge in [0.25, 0.3) is 0 Å². The first kappa shape index (κ1) is 31.7. The molecule has 4 heteroatoms. The van der Waals surface area contributed by atoms with Gasteiger partial charge >= 0.3 is 0 Å². The minimum atomic E-state index is -1.79. The zero-order chi connectivity index (χ0) is 31.5. The van der Waals surface area contributed by atoms with Crippen LogP contribution in [0.5, 0.6) is 0 Å². The molecule has 1 aliphatic carbocycles. The van der Waals surface area contributed by atoms with Gasteiger partial charge in [0.05, 0.1) is 6.16 Å². The molecule has 0 bridgehead atoms. The first-order valence-corrected chi connectivity index (χ1v) is 17.7. The fourth-order valence-electron chi connectivity index (χ4n) is 6.40. The maximum atomic E-state index is 9.36. The molecule has 0 radical (unpaired) electrons. The molecule has 0 spiro atoms. The summed E-state index contributed by atoms with van der Waals surface area (Å²) in [6.45, 7) is 5.30. The van der Waals surface area contributed by atoms with E-state index in [-0.39, 0.29) is 11.0 Å². The standard InChI is InChI=1S/C41H41N3P/c1-41(2)29-34(28-35(30-41)36(31-42)32-43)21-20-33-22-24-37(25-23-33)44-26-12-13-27-45(38-14-6-3-7-15-38,39-16-8-4-9-17-39)40-18-10-5-11-19-40/h3-11,14-25,28,44H,12-13,26-27,29-30H2,1-2H3/q+1/b21-20+. The molecule has 4 aromatic carbocycles. The van der Waals surface area contributed by atoms with Crippen molar-refractivity contribution in [1.82, 2.24) is 0 Å². The maximum Gasteiger partial charge on any atom is 0.132 e. The van der Waals surface area contributed by atoms with Gasteiger partial charge in [-0.2, -0.15) is 10.5 Å². The van der Waals surface area contributed by atoms with E-state index in [4.69, 9.17) is 0 Å². The van der Waals surface area contributed by atoms with Gasteiger partial charge < -0.3 is 5.32 Å². The largest absolute Gasteiger partial charge is 0.385 e. The second-order valence-electron chi connectivity index (χ2n) is 12.5. The summed E-state index contributed by atoms with van der Waals surface area (Å²) in [4.78, 5) is 0. The number of unbranched alkanes of at least 4 members (excludes halogenated alkanes) is 1. The quantitative estimate of drug-likeness (QED) is 0.105. The second-order valence-corrected chi connectivity index (χ2v) is 16.1. The molecular weight excluding hydrogens is 565 g/mol. The minimum Gasteiger partial charge on any atom is -0.385 e. The number of anilines is 1. The molecule has 0 aliphatic heterocycles. The SMILES string of the molecule is CC1(C)CC(/C=C/c2ccc(NCCCC[P+](c3ccccc3)(c3ccccc3)c3ccccc3)cc2)=CC(=C(C#N)C#N)C1. The highest BCUT2D eigenvalue weighted by Crippen LogP contribution is 2.55. The molecule has 1 aliphatic rings. The highest BCUT2D eigenvalue weighted by molar-refractivity contribution is 7.95. The fraction of sp³-hybridized carbons (Fsp3) is 0.220. The number of rotatable bonds is 11. The van der Waals surface area contributed by atoms with Crippen molar-refractivity contribution in [3.05, 3.63) is 150 Å². The van der Waals surface area contributed by atoms with Crippen LogP contribution in [0.1, 0.15) is 45.1 Å². The van der Waals surface area contributed by atoms with E-state index in [1.165, 1.54) is 15.9 Å². The zero-order valence-electron chi connectivity index (χ0n) is 26.3. The molecule has 0 saturated heterocycles. The van der Waals surface area contributed by atoms with Crippen LogP contribution in [-0.4, -0.2) is 12.7 Å². The van der Waals surface area contributed by atoms with Gasteiger partial charge in [-0.1, -0.05) is 98.8 Å². The first-order valence-electron chi connectivity index (χ1n) is 15.7. The number of nitrogens with one attached hydrogen (secondary N) is 1. The Morgan fingerprint density at radius 1 is 0.711 bits per heavy atom. The highest BCUT2D eigenvalue weighted by atomic mass is 31.2. The van der Waals surface area contributed by atoms with Crippen LogP contribution >= 0.6 is 7.26 Å². The molecule has 5 rings (SSSR count). The van der Waals surface area contributed by atoms with Crippen LogP contribution in [0.4, 0.5) is 5.69 Å². The van der Waals surface area contributed by atoms with Crippen molar-refractivity contribution in [1.29, 1.82) is 10.5 Å². The molecule has 0 amide bonds. The van der Waals surface area contributed by atoms with Crippen LogP contribution in [-0.2, 0) is 0 Å². The summed E-state index contributed by atoms with van der Waals surface area (Å²) in [5, 5.41) is 26.7. The van der Waals surface area contributed by atoms with E-state index in [1.54, 1.807) is 0 Å². The molecule has 3 nitrogen and oxygen atoms in total. The van der Waals surface area contributed by atoms with Gasteiger partial charge in [-0.05, 0) is 96.3 Å². The summed E-state index contributed by atoms with van der Waals surface area (Å²) in [5.74, 6) is 0. The molecule has 1 N–H and O–H groups in total. The molecule has 0 saturated carbocycles. The third kappa shape index (κ3) is 7.88. The number of nitriles is 2. The van der Waals surface area contributed by atoms with E-state index in [2.05, 4.69) is 159 Å². The summed E-state index contributed by atoms with van der Waals surface area (Å²) < 4.78 is 0. The van der Waals surface area contributed by atoms with Crippen molar-refractivity contribution in [2.24, 2.45) is 5.41 Å². The van der Waals surface area contributed by atoms with Crippen molar-refractivity contribution in [2.75, 3.05) is 18.0 Å². The average molecular weight is 607 g/mol. The third-order valence-electron chi connectivity index (χ3n) is 8.50. The van der Waals surface area contributed by atoms with Crippen molar-refractivity contribution in [3.8, 4) is 12.1 Å². The van der Waals surface area contributed by atoms with E-state index in [9.17, 15) is 10.5 Å². The van der Waals surface area contributed by atoms with Crippen LogP contribution in [0, 0.1) is 28.1 Å². The molecule has 224 valence electrons. The van der Waals surface area contributed by atoms with Gasteiger partial charge in [-0.3, -0.25) is 0 Å². The van der Waals surface area contributed by atoms with Crippen molar-refractivity contribution in [3.63, 3.8) is 0 Å². The van der Waals surface area contributed by atoms with Gasteiger partial charge in [0.1, 0.15) is 40.9 Å². The first-order chi connectivity index (χ1) is 21.9. The molecule has 0 fully saturated rings. The van der Waals surface area contributed by atoms with Crippen LogP contribution in [0.15, 0.2) is 144 Å². The van der Waals surface area contributed by atoms with Crippen LogP contribution in [0.25, 0.3) is 6.08 Å². The topological polar surface area (TPSA) is 59.6 Å². The highest BCUT2D eigenvalue weighted by Gasteiger charge is 2.44. The van der Waals surface area contributed by atoms with Gasteiger partial charge in [0, 0.05) is 12.2 Å². The lowest BCUT2D eigenvalue weighted by atomic mass is 9.74. The lowest BCUT2D eigenvalue weighted by molar-refractivity contribution is 0.354. The summed E-state index contributed by atoms with van der Waals surface area (Å²) in [7, 11) is -1.79. The minimum absolute atomic E-state index is 0.0153. The Kier molecular flexibility index (Phi) is 10.5. The molecule has 45 heavy (non-hydrogen) atoms. The summed E-state index contributed by atoms with van der Waals surface area (Å²) in [5.41, 5.74) is 4.47. The van der Waals surface area contributed by atoms with Crippen LogP contribution in [0.2, 0.25) is 0 Å². The Labute approximate surface area is 269 Å². The lowest BCUT2D eigenvalue weighted by Crippen LogP contribution is -2.33. The predicted octanol–water partition coefficient (Wildman–Crippen LogP) is 8.98. The molecule has 0 unspecified atom stereocenters. The molecular formula is C41H41N3P+. The predicted molar refractivity (Wildman–Crippen MR) is 193 cm³/mol. The summed E-state index contributed by atoms with van der Waals surface area (Å²) >= 11 is 0. The Morgan fingerprint density at radius 2 is 1.24 bits per heavy atom. The Hall–Kier alpha value is -4.69. The molecule has 0 aromatic heterocycles. The fourth-order valence-corrected chi connectivity index (χ4v) is 10.8. The van der Waals surface area contributed by atoms with E-state index >= 15 is 0 Å². The van der Waals surface area contributed by atoms with Gasteiger partial charge in [0.15, 0.2) is 0 Å². The normalized spacial score (nSPS) is 14.3. The Balaban J connectivity index is 1.23. The zero-order valence-corrected chi connectivity index (χ0v) is 27.2. The van der Waals surface area contributed by atoms with Crippen molar-refractivity contribution in [2.45, 2.75) is 39.5 Å². The van der Waals surface area contributed by atoms with Gasteiger partial charge in [-0.15, -0.1) is 0 Å². The number of nitrogens with zero attached hydrogens (tertiary/aromatic N) is 2. The Bertz CT molecular complexity index is 1620. The van der Waals surface area contributed by atoms with Crippen LogP contribution in [0.3, 0.4) is 0 Å². The van der Waals surface area contributed by atoms with Crippen molar-refractivity contribution < 1.29 is 0 Å². The number of benzene rings is 4. The third-order valence-corrected chi connectivity index (χ3v) is 13.0. The maximum absolute atomic E-state index is 9.36. The second kappa shape index (κ2) is 14.9. The molecule has 0 atom stereocenters. The van der Waals surface area contributed by atoms with Crippen molar-refractivity contribution >= 4 is 34.9 Å². The van der Waals surface area contributed by atoms with Crippen LogP contribution < -0.4 is 21.2 Å². The van der Waals surface area contributed by atoms with E-state index < -0.39 is 7.26 Å². The molecule has 4 aromatic rings. The van der Waals surface area contributed by atoms with Gasteiger partial charge in [0.2, 0.25) is 0 Å². The summed E-state index contributed by atoms with van der Waals surface area (Å²) in [6, 6.07) is 46.0.